The Labute approximate surface area is 266 Å². The SMILES string of the molecule is CN(C(=O)CN1CCN(C(=O)c2ccc(S(=O)(=O)N(Oc3ccc(Cl)cc3Cl)c3ccccc3)cc2)CC1)c1ccccc1. The van der Waals surface area contributed by atoms with Crippen LogP contribution in [0, 0.1) is 0 Å². The van der Waals surface area contributed by atoms with Gasteiger partial charge in [-0.1, -0.05) is 64.1 Å². The number of benzene rings is 4. The number of nitrogens with zero attached hydrogens (tertiary/aromatic N) is 4. The van der Waals surface area contributed by atoms with Crippen molar-refractivity contribution >= 4 is 56.4 Å². The molecule has 4 aromatic carbocycles. The lowest BCUT2D eigenvalue weighted by molar-refractivity contribution is -0.119. The molecule has 0 saturated carbocycles. The third-order valence-corrected chi connectivity index (χ3v) is 9.32. The number of rotatable bonds is 9. The van der Waals surface area contributed by atoms with E-state index in [0.717, 1.165) is 10.2 Å². The van der Waals surface area contributed by atoms with Crippen molar-refractivity contribution in [2.75, 3.05) is 49.1 Å². The Balaban J connectivity index is 1.25. The second-order valence-electron chi connectivity index (χ2n) is 10.1. The summed E-state index contributed by atoms with van der Waals surface area (Å²) < 4.78 is 28.3. The van der Waals surface area contributed by atoms with Gasteiger partial charge in [-0.25, -0.2) is 0 Å². The highest BCUT2D eigenvalue weighted by Gasteiger charge is 2.29. The maximum atomic E-state index is 13.8. The lowest BCUT2D eigenvalue weighted by Gasteiger charge is -2.35. The fraction of sp³-hybridized carbons (Fsp3) is 0.188. The maximum absolute atomic E-state index is 13.8. The monoisotopic (exact) mass is 652 g/mol. The number of carbonyl (C=O) groups excluding carboxylic acids is 2. The van der Waals surface area contributed by atoms with Gasteiger partial charge in [0.25, 0.3) is 15.9 Å². The topological polar surface area (TPSA) is 90.5 Å². The van der Waals surface area contributed by atoms with Crippen LogP contribution >= 0.6 is 23.2 Å². The smallest absolute Gasteiger partial charge is 0.295 e. The summed E-state index contributed by atoms with van der Waals surface area (Å²) in [5, 5.41) is 0.518. The molecule has 1 saturated heterocycles. The largest absolute Gasteiger partial charge is 0.363 e. The average molecular weight is 654 g/mol. The van der Waals surface area contributed by atoms with Crippen LogP contribution in [0.15, 0.2) is 108 Å². The standard InChI is InChI=1S/C32H30Cl2N4O5S/c1-35(26-8-4-2-5-9-26)31(39)23-36-18-20-37(21-19-36)32(40)24-12-15-28(16-13-24)44(41,42)38(27-10-6-3-7-11-27)43-30-17-14-25(33)22-29(30)34/h2-17,22H,18-21,23H2,1H3. The zero-order valence-electron chi connectivity index (χ0n) is 23.8. The number of sulfonamides is 1. The maximum Gasteiger partial charge on any atom is 0.295 e. The van der Waals surface area contributed by atoms with E-state index in [1.807, 2.05) is 35.2 Å². The molecule has 0 aliphatic carbocycles. The quantitative estimate of drug-likeness (QED) is 0.219. The van der Waals surface area contributed by atoms with Crippen LogP contribution in [-0.4, -0.2) is 69.8 Å². The molecule has 1 aliphatic rings. The minimum absolute atomic E-state index is 0.0281. The predicted octanol–water partition coefficient (Wildman–Crippen LogP) is 5.60. The molecule has 0 radical (unpaired) electrons. The van der Waals surface area contributed by atoms with E-state index in [0.29, 0.717) is 36.8 Å². The Kier molecular flexibility index (Phi) is 9.75. The normalized spacial score (nSPS) is 13.8. The minimum atomic E-state index is -4.24. The highest BCUT2D eigenvalue weighted by Crippen LogP contribution is 2.32. The molecule has 1 aliphatic heterocycles. The second kappa shape index (κ2) is 13.7. The van der Waals surface area contributed by atoms with Crippen molar-refractivity contribution in [3.8, 4) is 5.75 Å². The van der Waals surface area contributed by atoms with E-state index in [2.05, 4.69) is 0 Å². The molecule has 0 unspecified atom stereocenters. The summed E-state index contributed by atoms with van der Waals surface area (Å²) in [6, 6.07) is 27.9. The van der Waals surface area contributed by atoms with Gasteiger partial charge >= 0.3 is 0 Å². The van der Waals surface area contributed by atoms with Crippen LogP contribution in [0.5, 0.6) is 5.75 Å². The molecule has 0 N–H and O–H groups in total. The Morgan fingerprint density at radius 3 is 1.98 bits per heavy atom. The third kappa shape index (κ3) is 7.16. The summed E-state index contributed by atoms with van der Waals surface area (Å²) >= 11 is 12.3. The molecule has 0 spiro atoms. The third-order valence-electron chi connectivity index (χ3n) is 7.20. The second-order valence-corrected chi connectivity index (χ2v) is 12.7. The van der Waals surface area contributed by atoms with Crippen LogP contribution in [0.4, 0.5) is 11.4 Å². The van der Waals surface area contributed by atoms with Crippen molar-refractivity contribution in [3.05, 3.63) is 119 Å². The van der Waals surface area contributed by atoms with Crippen LogP contribution in [-0.2, 0) is 14.8 Å². The van der Waals surface area contributed by atoms with Crippen molar-refractivity contribution in [1.29, 1.82) is 0 Å². The molecule has 2 amide bonds. The summed E-state index contributed by atoms with van der Waals surface area (Å²) in [7, 11) is -2.49. The fourth-order valence-electron chi connectivity index (χ4n) is 4.68. The zero-order chi connectivity index (χ0) is 31.3. The van der Waals surface area contributed by atoms with Crippen LogP contribution in [0.3, 0.4) is 0 Å². The predicted molar refractivity (Wildman–Crippen MR) is 172 cm³/mol. The highest BCUT2D eigenvalue weighted by molar-refractivity contribution is 7.92. The fourth-order valence-corrected chi connectivity index (χ4v) is 6.37. The van der Waals surface area contributed by atoms with E-state index in [4.69, 9.17) is 28.0 Å². The molecule has 1 fully saturated rings. The molecule has 1 heterocycles. The average Bonchev–Trinajstić information content (AvgIpc) is 3.05. The van der Waals surface area contributed by atoms with E-state index in [9.17, 15) is 18.0 Å². The van der Waals surface area contributed by atoms with Crippen molar-refractivity contribution in [2.24, 2.45) is 0 Å². The van der Waals surface area contributed by atoms with Gasteiger partial charge in [0.1, 0.15) is 0 Å². The summed E-state index contributed by atoms with van der Waals surface area (Å²) in [4.78, 5) is 37.1. The number of para-hydroxylation sites is 2. The van der Waals surface area contributed by atoms with Gasteiger partial charge in [-0.2, -0.15) is 8.42 Å². The molecule has 5 rings (SSSR count). The first-order valence-electron chi connectivity index (χ1n) is 13.8. The molecule has 0 bridgehead atoms. The van der Waals surface area contributed by atoms with Crippen LogP contribution in [0.2, 0.25) is 10.0 Å². The summed E-state index contributed by atoms with van der Waals surface area (Å²) in [6.45, 7) is 2.23. The van der Waals surface area contributed by atoms with Crippen LogP contribution in [0.25, 0.3) is 0 Å². The first-order valence-corrected chi connectivity index (χ1v) is 16.0. The number of halogens is 2. The van der Waals surface area contributed by atoms with Gasteiger partial charge in [0.15, 0.2) is 5.75 Å². The zero-order valence-corrected chi connectivity index (χ0v) is 26.2. The highest BCUT2D eigenvalue weighted by atomic mass is 35.5. The van der Waals surface area contributed by atoms with Gasteiger partial charge in [-0.05, 0) is 66.7 Å². The molecule has 4 aromatic rings. The number of piperazine rings is 1. The van der Waals surface area contributed by atoms with Gasteiger partial charge in [0.05, 0.1) is 22.2 Å². The Morgan fingerprint density at radius 1 is 0.795 bits per heavy atom. The summed E-state index contributed by atoms with van der Waals surface area (Å²) in [6.07, 6.45) is 0. The lowest BCUT2D eigenvalue weighted by Crippen LogP contribution is -2.51. The molecular weight excluding hydrogens is 623 g/mol. The van der Waals surface area contributed by atoms with E-state index in [-0.39, 0.29) is 39.7 Å². The van der Waals surface area contributed by atoms with Gasteiger partial charge < -0.3 is 14.6 Å². The molecular formula is C32H30Cl2N4O5S. The number of anilines is 2. The van der Waals surface area contributed by atoms with E-state index in [1.165, 1.54) is 36.4 Å². The van der Waals surface area contributed by atoms with Crippen molar-refractivity contribution in [2.45, 2.75) is 4.90 Å². The van der Waals surface area contributed by atoms with Gasteiger partial charge in [0, 0.05) is 49.5 Å². The van der Waals surface area contributed by atoms with E-state index >= 15 is 0 Å². The molecule has 0 atom stereocenters. The first kappa shape index (κ1) is 31.3. The lowest BCUT2D eigenvalue weighted by atomic mass is 10.2. The number of hydrogen-bond donors (Lipinski definition) is 0. The number of carbonyl (C=O) groups is 2. The first-order chi connectivity index (χ1) is 21.1. The summed E-state index contributed by atoms with van der Waals surface area (Å²) in [5.41, 5.74) is 1.43. The molecule has 44 heavy (non-hydrogen) atoms. The van der Waals surface area contributed by atoms with E-state index in [1.54, 1.807) is 53.2 Å². The number of hydrogen-bond acceptors (Lipinski definition) is 6. The van der Waals surface area contributed by atoms with Gasteiger partial charge in [-0.15, -0.1) is 0 Å². The minimum Gasteiger partial charge on any atom is -0.363 e. The molecule has 9 nitrogen and oxygen atoms in total. The molecule has 0 aromatic heterocycles. The van der Waals surface area contributed by atoms with Gasteiger partial charge in [-0.3, -0.25) is 14.5 Å². The van der Waals surface area contributed by atoms with Gasteiger partial charge in [0.2, 0.25) is 5.91 Å². The Hall–Kier alpha value is -4.09. The van der Waals surface area contributed by atoms with Crippen molar-refractivity contribution in [1.82, 2.24) is 9.80 Å². The van der Waals surface area contributed by atoms with Crippen molar-refractivity contribution < 1.29 is 22.8 Å². The molecule has 12 heteroatoms. The summed E-state index contributed by atoms with van der Waals surface area (Å²) in [5.74, 6) is -0.145. The number of amides is 2. The van der Waals surface area contributed by atoms with Crippen LogP contribution in [0.1, 0.15) is 10.4 Å². The van der Waals surface area contributed by atoms with E-state index < -0.39 is 10.0 Å². The van der Waals surface area contributed by atoms with Crippen molar-refractivity contribution in [3.63, 3.8) is 0 Å². The Bertz CT molecular complexity index is 1720. The molecule has 228 valence electrons. The number of likely N-dealkylation sites (N-methyl/N-ethyl adjacent to an activating group) is 1. The Morgan fingerprint density at radius 2 is 1.39 bits per heavy atom. The van der Waals surface area contributed by atoms with Crippen LogP contribution < -0.4 is 14.2 Å².